The van der Waals surface area contributed by atoms with E-state index in [9.17, 15) is 4.79 Å². The predicted octanol–water partition coefficient (Wildman–Crippen LogP) is 2.21. The van der Waals surface area contributed by atoms with Crippen LogP contribution >= 0.6 is 0 Å². The van der Waals surface area contributed by atoms with E-state index in [0.29, 0.717) is 17.9 Å². The molecule has 3 N–H and O–H groups in total. The van der Waals surface area contributed by atoms with Crippen molar-refractivity contribution in [2.24, 2.45) is 23.5 Å². The van der Waals surface area contributed by atoms with Crippen molar-refractivity contribution in [2.75, 3.05) is 7.11 Å². The molecule has 2 bridgehead atoms. The first-order chi connectivity index (χ1) is 10.2. The predicted molar refractivity (Wildman–Crippen MR) is 82.7 cm³/mol. The molecule has 3 saturated carbocycles. The number of rotatable bonds is 3. The summed E-state index contributed by atoms with van der Waals surface area (Å²) in [6.45, 7) is 0. The SMILES string of the molecule is COC1CCCCC1NC(=O)C1CC2CCCC(C1)C2N. The Morgan fingerprint density at radius 1 is 1.05 bits per heavy atom. The Labute approximate surface area is 128 Å². The van der Waals surface area contributed by atoms with E-state index in [4.69, 9.17) is 10.5 Å². The maximum atomic E-state index is 12.7. The molecule has 4 atom stereocenters. The van der Waals surface area contributed by atoms with Crippen molar-refractivity contribution in [1.82, 2.24) is 5.32 Å². The molecule has 0 aliphatic heterocycles. The van der Waals surface area contributed by atoms with Gasteiger partial charge >= 0.3 is 0 Å². The quantitative estimate of drug-likeness (QED) is 0.839. The topological polar surface area (TPSA) is 64.3 Å². The highest BCUT2D eigenvalue weighted by molar-refractivity contribution is 5.79. The lowest BCUT2D eigenvalue weighted by molar-refractivity contribution is -0.130. The number of nitrogens with one attached hydrogen (secondary N) is 1. The molecule has 0 spiro atoms. The van der Waals surface area contributed by atoms with Crippen LogP contribution in [-0.4, -0.2) is 31.2 Å². The van der Waals surface area contributed by atoms with Gasteiger partial charge in [0.15, 0.2) is 0 Å². The second-order valence-electron chi connectivity index (χ2n) is 7.37. The molecule has 0 radical (unpaired) electrons. The lowest BCUT2D eigenvalue weighted by Gasteiger charge is -2.44. The van der Waals surface area contributed by atoms with E-state index >= 15 is 0 Å². The van der Waals surface area contributed by atoms with Gasteiger partial charge in [0.2, 0.25) is 5.91 Å². The molecule has 0 saturated heterocycles. The highest BCUT2D eigenvalue weighted by Gasteiger charge is 2.41. The van der Waals surface area contributed by atoms with Gasteiger partial charge in [-0.1, -0.05) is 19.3 Å². The number of carbonyl (C=O) groups excluding carboxylic acids is 1. The zero-order valence-electron chi connectivity index (χ0n) is 13.2. The Hall–Kier alpha value is -0.610. The highest BCUT2D eigenvalue weighted by atomic mass is 16.5. The van der Waals surface area contributed by atoms with Crippen LogP contribution < -0.4 is 11.1 Å². The highest BCUT2D eigenvalue weighted by Crippen LogP contribution is 2.42. The van der Waals surface area contributed by atoms with E-state index in [-0.39, 0.29) is 24.0 Å². The van der Waals surface area contributed by atoms with Gasteiger partial charge < -0.3 is 15.8 Å². The van der Waals surface area contributed by atoms with Crippen LogP contribution in [-0.2, 0) is 9.53 Å². The number of hydrogen-bond donors (Lipinski definition) is 2. The van der Waals surface area contributed by atoms with Crippen LogP contribution in [0.4, 0.5) is 0 Å². The van der Waals surface area contributed by atoms with Gasteiger partial charge in [-0.3, -0.25) is 4.79 Å². The Kier molecular flexibility index (Phi) is 4.85. The fraction of sp³-hybridized carbons (Fsp3) is 0.941. The molecule has 0 aromatic heterocycles. The number of hydrogen-bond acceptors (Lipinski definition) is 3. The van der Waals surface area contributed by atoms with Gasteiger partial charge in [0, 0.05) is 19.1 Å². The Balaban J connectivity index is 1.58. The maximum Gasteiger partial charge on any atom is 0.223 e. The van der Waals surface area contributed by atoms with Crippen molar-refractivity contribution < 1.29 is 9.53 Å². The summed E-state index contributed by atoms with van der Waals surface area (Å²) in [5.74, 6) is 1.57. The molecular formula is C17H30N2O2. The molecule has 1 amide bonds. The molecule has 0 heterocycles. The zero-order valence-corrected chi connectivity index (χ0v) is 13.2. The average Bonchev–Trinajstić information content (AvgIpc) is 2.47. The molecule has 3 rings (SSSR count). The second kappa shape index (κ2) is 6.66. The largest absolute Gasteiger partial charge is 0.379 e. The molecule has 21 heavy (non-hydrogen) atoms. The smallest absolute Gasteiger partial charge is 0.223 e. The van der Waals surface area contributed by atoms with Crippen LogP contribution in [0.25, 0.3) is 0 Å². The molecule has 0 aromatic rings. The molecule has 4 nitrogen and oxygen atoms in total. The molecule has 3 aliphatic carbocycles. The van der Waals surface area contributed by atoms with Crippen LogP contribution in [0.1, 0.15) is 57.8 Å². The third kappa shape index (κ3) is 3.26. The van der Waals surface area contributed by atoms with Gasteiger partial charge in [-0.05, 0) is 50.4 Å². The van der Waals surface area contributed by atoms with Gasteiger partial charge in [-0.15, -0.1) is 0 Å². The molecule has 4 heteroatoms. The Bertz CT molecular complexity index is 360. The van der Waals surface area contributed by atoms with E-state index in [0.717, 1.165) is 25.7 Å². The number of methoxy groups -OCH3 is 1. The van der Waals surface area contributed by atoms with Crippen molar-refractivity contribution in [3.63, 3.8) is 0 Å². The summed E-state index contributed by atoms with van der Waals surface area (Å²) in [6, 6.07) is 0.552. The van der Waals surface area contributed by atoms with Crippen LogP contribution in [0.5, 0.6) is 0 Å². The molecule has 120 valence electrons. The Morgan fingerprint density at radius 3 is 2.38 bits per heavy atom. The van der Waals surface area contributed by atoms with Gasteiger partial charge in [0.1, 0.15) is 0 Å². The monoisotopic (exact) mass is 294 g/mol. The fourth-order valence-corrected chi connectivity index (χ4v) is 4.85. The summed E-state index contributed by atoms with van der Waals surface area (Å²) in [5, 5.41) is 3.29. The third-order valence-electron chi connectivity index (χ3n) is 6.12. The van der Waals surface area contributed by atoms with Crippen LogP contribution in [0.2, 0.25) is 0 Å². The van der Waals surface area contributed by atoms with Gasteiger partial charge in [0.05, 0.1) is 12.1 Å². The lowest BCUT2D eigenvalue weighted by atomic mass is 9.65. The fourth-order valence-electron chi connectivity index (χ4n) is 4.85. The van der Waals surface area contributed by atoms with E-state index in [1.54, 1.807) is 7.11 Å². The molecule has 3 aliphatic rings. The van der Waals surface area contributed by atoms with Gasteiger partial charge in [-0.25, -0.2) is 0 Å². The van der Waals surface area contributed by atoms with Crippen LogP contribution in [0.15, 0.2) is 0 Å². The minimum Gasteiger partial charge on any atom is -0.379 e. The average molecular weight is 294 g/mol. The van der Waals surface area contributed by atoms with Crippen LogP contribution in [0.3, 0.4) is 0 Å². The third-order valence-corrected chi connectivity index (χ3v) is 6.12. The van der Waals surface area contributed by atoms with Crippen molar-refractivity contribution in [3.05, 3.63) is 0 Å². The summed E-state index contributed by atoms with van der Waals surface area (Å²) in [6.07, 6.45) is 10.5. The standard InChI is InChI=1S/C17H30N2O2/c1-21-15-8-3-2-7-14(15)19-17(20)13-9-11-5-4-6-12(10-13)16(11)18/h11-16H,2-10,18H2,1H3,(H,19,20). The molecule has 3 fully saturated rings. The summed E-state index contributed by atoms with van der Waals surface area (Å²) < 4.78 is 5.55. The van der Waals surface area contributed by atoms with Crippen LogP contribution in [0, 0.1) is 17.8 Å². The minimum atomic E-state index is 0.180. The normalized spacial score (nSPS) is 43.3. The zero-order chi connectivity index (χ0) is 14.8. The number of nitrogens with two attached hydrogens (primary N) is 1. The van der Waals surface area contributed by atoms with Crippen molar-refractivity contribution in [2.45, 2.75) is 76.0 Å². The Morgan fingerprint density at radius 2 is 1.71 bits per heavy atom. The summed E-state index contributed by atoms with van der Waals surface area (Å²) in [7, 11) is 1.76. The number of amides is 1. The molecular weight excluding hydrogens is 264 g/mol. The molecule has 0 aromatic carbocycles. The first-order valence-electron chi connectivity index (χ1n) is 8.77. The summed E-state index contributed by atoms with van der Waals surface area (Å²) in [4.78, 5) is 12.7. The second-order valence-corrected chi connectivity index (χ2v) is 7.37. The first-order valence-corrected chi connectivity index (χ1v) is 8.77. The van der Waals surface area contributed by atoms with E-state index < -0.39 is 0 Å². The maximum absolute atomic E-state index is 12.7. The van der Waals surface area contributed by atoms with Crippen molar-refractivity contribution in [1.29, 1.82) is 0 Å². The summed E-state index contributed by atoms with van der Waals surface area (Å²) in [5.41, 5.74) is 6.32. The van der Waals surface area contributed by atoms with E-state index in [1.807, 2.05) is 0 Å². The number of ether oxygens (including phenoxy) is 1. The molecule has 4 unspecified atom stereocenters. The lowest BCUT2D eigenvalue weighted by Crippen LogP contribution is -2.52. The van der Waals surface area contributed by atoms with Gasteiger partial charge in [-0.2, -0.15) is 0 Å². The van der Waals surface area contributed by atoms with Crippen molar-refractivity contribution in [3.8, 4) is 0 Å². The van der Waals surface area contributed by atoms with E-state index in [2.05, 4.69) is 5.32 Å². The van der Waals surface area contributed by atoms with Crippen molar-refractivity contribution >= 4 is 5.91 Å². The van der Waals surface area contributed by atoms with E-state index in [1.165, 1.54) is 32.1 Å². The number of carbonyl (C=O) groups is 1. The number of fused-ring (bicyclic) bond motifs is 2. The summed E-state index contributed by atoms with van der Waals surface area (Å²) >= 11 is 0. The first kappa shape index (κ1) is 15.3. The van der Waals surface area contributed by atoms with Gasteiger partial charge in [0.25, 0.3) is 0 Å². The minimum absolute atomic E-state index is 0.180.